The Kier molecular flexibility index (Phi) is 6.47. The Morgan fingerprint density at radius 2 is 2.26 bits per heavy atom. The van der Waals surface area contributed by atoms with E-state index in [9.17, 15) is 4.79 Å². The molecule has 1 atom stereocenters. The van der Waals surface area contributed by atoms with Crippen LogP contribution in [0.2, 0.25) is 0 Å². The van der Waals surface area contributed by atoms with Crippen molar-refractivity contribution in [3.63, 3.8) is 0 Å². The lowest BCUT2D eigenvalue weighted by Gasteiger charge is -2.22. The molecule has 108 valence electrons. The van der Waals surface area contributed by atoms with Gasteiger partial charge in [-0.25, -0.2) is 4.68 Å². The van der Waals surface area contributed by atoms with E-state index in [1.54, 1.807) is 13.3 Å². The predicted molar refractivity (Wildman–Crippen MR) is 79.4 cm³/mol. The predicted octanol–water partition coefficient (Wildman–Crippen LogP) is 1.05. The summed E-state index contributed by atoms with van der Waals surface area (Å²) in [7, 11) is 1.59. The Bertz CT molecular complexity index is 462. The van der Waals surface area contributed by atoms with E-state index in [4.69, 9.17) is 10.5 Å². The molecule has 1 heterocycles. The van der Waals surface area contributed by atoms with Crippen molar-refractivity contribution >= 4 is 21.6 Å². The minimum atomic E-state index is -0.179. The first kappa shape index (κ1) is 16.1. The van der Waals surface area contributed by atoms with E-state index >= 15 is 0 Å². The van der Waals surface area contributed by atoms with Gasteiger partial charge in [-0.1, -0.05) is 13.8 Å². The molecule has 0 aliphatic heterocycles. The van der Waals surface area contributed by atoms with Crippen molar-refractivity contribution in [3.05, 3.63) is 21.0 Å². The molecule has 7 heteroatoms. The molecule has 1 rings (SSSR count). The number of nitrogens with two attached hydrogens (primary N) is 1. The summed E-state index contributed by atoms with van der Waals surface area (Å²) in [5, 5.41) is 7.36. The number of hydrogen-bond donors (Lipinski definition) is 2. The fraction of sp³-hybridized carbons (Fsp3) is 0.667. The summed E-state index contributed by atoms with van der Waals surface area (Å²) < 4.78 is 6.77. The van der Waals surface area contributed by atoms with Gasteiger partial charge >= 0.3 is 0 Å². The van der Waals surface area contributed by atoms with Gasteiger partial charge in [0.1, 0.15) is 4.47 Å². The molecule has 0 saturated carbocycles. The highest BCUT2D eigenvalue weighted by molar-refractivity contribution is 9.10. The van der Waals surface area contributed by atoms with Gasteiger partial charge in [0, 0.05) is 19.7 Å². The number of methoxy groups -OCH3 is 1. The first-order chi connectivity index (χ1) is 9.01. The molecule has 0 amide bonds. The summed E-state index contributed by atoms with van der Waals surface area (Å²) in [5.74, 6) is 0.368. The standard InChI is InChI=1S/C12H21BrN4O2/c1-8(2)9(6-14)16-10-7-15-17(4-5-19-3)12(18)11(10)13/h7-9,16H,4-6,14H2,1-3H3. The second-order valence-electron chi connectivity index (χ2n) is 4.62. The van der Waals surface area contributed by atoms with E-state index in [2.05, 4.69) is 40.2 Å². The highest BCUT2D eigenvalue weighted by atomic mass is 79.9. The van der Waals surface area contributed by atoms with Crippen molar-refractivity contribution in [1.82, 2.24) is 9.78 Å². The van der Waals surface area contributed by atoms with Gasteiger partial charge in [-0.2, -0.15) is 5.10 Å². The largest absolute Gasteiger partial charge is 0.383 e. The van der Waals surface area contributed by atoms with E-state index < -0.39 is 0 Å². The summed E-state index contributed by atoms with van der Waals surface area (Å²) >= 11 is 3.31. The molecular formula is C12H21BrN4O2. The zero-order valence-electron chi connectivity index (χ0n) is 11.5. The molecule has 0 aromatic carbocycles. The second-order valence-corrected chi connectivity index (χ2v) is 5.42. The van der Waals surface area contributed by atoms with Gasteiger partial charge in [-0.05, 0) is 21.8 Å². The van der Waals surface area contributed by atoms with Gasteiger partial charge in [0.15, 0.2) is 0 Å². The van der Waals surface area contributed by atoms with Crippen LogP contribution in [0.25, 0.3) is 0 Å². The Balaban J connectivity index is 2.93. The molecule has 1 aromatic heterocycles. The maximum absolute atomic E-state index is 12.1. The third kappa shape index (κ3) is 4.29. The van der Waals surface area contributed by atoms with Crippen LogP contribution in [0.4, 0.5) is 5.69 Å². The minimum absolute atomic E-state index is 0.104. The minimum Gasteiger partial charge on any atom is -0.383 e. The molecule has 0 bridgehead atoms. The summed E-state index contributed by atoms with van der Waals surface area (Å²) in [6.45, 7) is 5.52. The highest BCUT2D eigenvalue weighted by Crippen LogP contribution is 2.18. The summed E-state index contributed by atoms with van der Waals surface area (Å²) in [6.07, 6.45) is 1.63. The number of rotatable bonds is 7. The van der Waals surface area contributed by atoms with E-state index in [0.717, 1.165) is 0 Å². The van der Waals surface area contributed by atoms with Gasteiger partial charge in [0.05, 0.1) is 25.0 Å². The average Bonchev–Trinajstić information content (AvgIpc) is 2.39. The van der Waals surface area contributed by atoms with Crippen LogP contribution in [0.3, 0.4) is 0 Å². The first-order valence-electron chi connectivity index (χ1n) is 6.22. The van der Waals surface area contributed by atoms with Crippen LogP contribution < -0.4 is 16.6 Å². The number of hydrogen-bond acceptors (Lipinski definition) is 5. The van der Waals surface area contributed by atoms with Crippen molar-refractivity contribution in [1.29, 1.82) is 0 Å². The Labute approximate surface area is 121 Å². The molecule has 3 N–H and O–H groups in total. The molecular weight excluding hydrogens is 312 g/mol. The SMILES string of the molecule is COCCn1ncc(NC(CN)C(C)C)c(Br)c1=O. The van der Waals surface area contributed by atoms with Crippen molar-refractivity contribution in [3.8, 4) is 0 Å². The van der Waals surface area contributed by atoms with Crippen LogP contribution in [0.5, 0.6) is 0 Å². The molecule has 0 aliphatic carbocycles. The molecule has 1 unspecified atom stereocenters. The number of aromatic nitrogens is 2. The Morgan fingerprint density at radius 1 is 1.58 bits per heavy atom. The van der Waals surface area contributed by atoms with Crippen molar-refractivity contribution in [2.24, 2.45) is 11.7 Å². The number of halogens is 1. The quantitative estimate of drug-likeness (QED) is 0.779. The van der Waals surface area contributed by atoms with Crippen molar-refractivity contribution in [2.45, 2.75) is 26.4 Å². The van der Waals surface area contributed by atoms with Crippen LogP contribution >= 0.6 is 15.9 Å². The second kappa shape index (κ2) is 7.62. The zero-order valence-corrected chi connectivity index (χ0v) is 13.1. The Morgan fingerprint density at radius 3 is 2.79 bits per heavy atom. The maximum Gasteiger partial charge on any atom is 0.283 e. The molecule has 0 aliphatic rings. The average molecular weight is 333 g/mol. The van der Waals surface area contributed by atoms with Crippen LogP contribution in [0, 0.1) is 5.92 Å². The van der Waals surface area contributed by atoms with Gasteiger partial charge in [0.2, 0.25) is 0 Å². The van der Waals surface area contributed by atoms with Crippen molar-refractivity contribution in [2.75, 3.05) is 25.6 Å². The smallest absolute Gasteiger partial charge is 0.283 e. The van der Waals surface area contributed by atoms with Crippen molar-refractivity contribution < 1.29 is 4.74 Å². The van der Waals surface area contributed by atoms with Crippen LogP contribution in [0.1, 0.15) is 13.8 Å². The third-order valence-electron chi connectivity index (χ3n) is 2.89. The van der Waals surface area contributed by atoms with E-state index in [-0.39, 0.29) is 11.6 Å². The third-order valence-corrected chi connectivity index (χ3v) is 3.66. The van der Waals surface area contributed by atoms with E-state index in [1.807, 2.05) is 0 Å². The molecule has 6 nitrogen and oxygen atoms in total. The lowest BCUT2D eigenvalue weighted by Crippen LogP contribution is -2.35. The zero-order chi connectivity index (χ0) is 14.4. The summed E-state index contributed by atoms with van der Waals surface area (Å²) in [5.41, 5.74) is 6.20. The number of anilines is 1. The molecule has 0 radical (unpaired) electrons. The van der Waals surface area contributed by atoms with Crippen LogP contribution in [-0.2, 0) is 11.3 Å². The van der Waals surface area contributed by atoms with Gasteiger partial charge in [-0.15, -0.1) is 0 Å². The maximum atomic E-state index is 12.1. The van der Waals surface area contributed by atoms with Gasteiger partial charge < -0.3 is 15.8 Å². The molecule has 0 saturated heterocycles. The molecule has 1 aromatic rings. The lowest BCUT2D eigenvalue weighted by molar-refractivity contribution is 0.181. The molecule has 0 fully saturated rings. The number of nitrogens with zero attached hydrogens (tertiary/aromatic N) is 2. The Hall–Kier alpha value is -0.920. The van der Waals surface area contributed by atoms with Gasteiger partial charge in [0.25, 0.3) is 5.56 Å². The number of nitrogens with one attached hydrogen (secondary N) is 1. The summed E-state index contributed by atoms with van der Waals surface area (Å²) in [4.78, 5) is 12.1. The van der Waals surface area contributed by atoms with E-state index in [0.29, 0.717) is 35.8 Å². The normalized spacial score (nSPS) is 12.7. The number of ether oxygens (including phenoxy) is 1. The topological polar surface area (TPSA) is 82.2 Å². The monoisotopic (exact) mass is 332 g/mol. The fourth-order valence-electron chi connectivity index (χ4n) is 1.60. The summed E-state index contributed by atoms with van der Waals surface area (Å²) in [6, 6.07) is 0.104. The molecule has 0 spiro atoms. The van der Waals surface area contributed by atoms with Crippen LogP contribution in [0.15, 0.2) is 15.5 Å². The highest BCUT2D eigenvalue weighted by Gasteiger charge is 2.15. The van der Waals surface area contributed by atoms with E-state index in [1.165, 1.54) is 4.68 Å². The lowest BCUT2D eigenvalue weighted by atomic mass is 10.0. The first-order valence-corrected chi connectivity index (χ1v) is 7.01. The fourth-order valence-corrected chi connectivity index (χ4v) is 2.02. The van der Waals surface area contributed by atoms with Crippen LogP contribution in [-0.4, -0.2) is 36.1 Å². The van der Waals surface area contributed by atoms with Gasteiger partial charge in [-0.3, -0.25) is 4.79 Å². The molecule has 19 heavy (non-hydrogen) atoms.